The molecule has 0 bridgehead atoms. The summed E-state index contributed by atoms with van der Waals surface area (Å²) in [6.07, 6.45) is 0. The molecule has 0 amide bonds. The predicted octanol–water partition coefficient (Wildman–Crippen LogP) is 5.02. The molecular formula is C18H19F4N. The van der Waals surface area contributed by atoms with Crippen LogP contribution in [-0.2, 0) is 17.4 Å². The van der Waals surface area contributed by atoms with E-state index in [9.17, 15) is 17.6 Å². The van der Waals surface area contributed by atoms with Crippen LogP contribution in [0.25, 0.3) is 0 Å². The van der Waals surface area contributed by atoms with E-state index in [0.29, 0.717) is 0 Å². The van der Waals surface area contributed by atoms with Gasteiger partial charge in [-0.25, -0.2) is 0 Å². The highest BCUT2D eigenvalue weighted by Crippen LogP contribution is 2.49. The molecule has 0 saturated heterocycles. The molecule has 0 aliphatic carbocycles. The fourth-order valence-electron chi connectivity index (χ4n) is 2.25. The number of hydrogen-bond donors (Lipinski definition) is 1. The molecule has 0 saturated carbocycles. The molecule has 124 valence electrons. The molecule has 0 spiro atoms. The van der Waals surface area contributed by atoms with Crippen molar-refractivity contribution >= 4 is 0 Å². The molecule has 1 nitrogen and oxygen atoms in total. The third-order valence-electron chi connectivity index (χ3n) is 4.12. The summed E-state index contributed by atoms with van der Waals surface area (Å²) in [5, 5.41) is 3.04. The number of rotatable bonds is 5. The van der Waals surface area contributed by atoms with Crippen LogP contribution >= 0.6 is 0 Å². The molecular weight excluding hydrogens is 306 g/mol. The minimum absolute atomic E-state index is 0.435. The number of hydrogen-bond acceptors (Lipinski definition) is 1. The second kappa shape index (κ2) is 5.96. The Morgan fingerprint density at radius 2 is 1.04 bits per heavy atom. The van der Waals surface area contributed by atoms with E-state index in [0.717, 1.165) is 29.8 Å². The van der Waals surface area contributed by atoms with Crippen molar-refractivity contribution in [2.45, 2.75) is 31.2 Å². The van der Waals surface area contributed by atoms with Gasteiger partial charge in [-0.2, -0.15) is 17.6 Å². The van der Waals surface area contributed by atoms with E-state index in [-0.39, 0.29) is 0 Å². The van der Waals surface area contributed by atoms with Gasteiger partial charge in [0.15, 0.2) is 0 Å². The molecule has 0 fully saturated rings. The lowest BCUT2D eigenvalue weighted by Gasteiger charge is -2.29. The van der Waals surface area contributed by atoms with E-state index in [1.165, 1.54) is 30.3 Å². The molecule has 0 radical (unpaired) electrons. The molecule has 0 aliphatic heterocycles. The first-order valence-electron chi connectivity index (χ1n) is 7.24. The van der Waals surface area contributed by atoms with Gasteiger partial charge in [0.1, 0.15) is 0 Å². The molecule has 5 heteroatoms. The SMILES string of the molecule is CNC(C)(C)c1ccc(C(F)(F)C(F)(F)c2ccccc2)cc1. The van der Waals surface area contributed by atoms with Gasteiger partial charge in [-0.1, -0.05) is 54.6 Å². The fraction of sp³-hybridized carbons (Fsp3) is 0.333. The number of benzene rings is 2. The predicted molar refractivity (Wildman–Crippen MR) is 82.8 cm³/mol. The van der Waals surface area contributed by atoms with Gasteiger partial charge in [0.05, 0.1) is 0 Å². The first kappa shape index (κ1) is 17.5. The van der Waals surface area contributed by atoms with Crippen molar-refractivity contribution in [1.82, 2.24) is 5.32 Å². The van der Waals surface area contributed by atoms with Crippen molar-refractivity contribution < 1.29 is 17.6 Å². The minimum Gasteiger partial charge on any atom is -0.311 e. The van der Waals surface area contributed by atoms with Crippen molar-refractivity contribution in [2.75, 3.05) is 7.05 Å². The highest BCUT2D eigenvalue weighted by molar-refractivity contribution is 5.33. The van der Waals surface area contributed by atoms with Gasteiger partial charge < -0.3 is 5.32 Å². The maximum absolute atomic E-state index is 14.4. The molecule has 2 aromatic carbocycles. The van der Waals surface area contributed by atoms with Gasteiger partial charge in [-0.15, -0.1) is 0 Å². The lowest BCUT2D eigenvalue weighted by molar-refractivity contribution is -0.223. The third kappa shape index (κ3) is 3.11. The monoisotopic (exact) mass is 325 g/mol. The first-order chi connectivity index (χ1) is 10.6. The molecule has 0 aromatic heterocycles. The standard InChI is InChI=1S/C18H19F4N/c1-16(2,23-3)13-9-11-15(12-10-13)18(21,22)17(19,20)14-7-5-4-6-8-14/h4-12,23H,1-3H3. The average molecular weight is 325 g/mol. The van der Waals surface area contributed by atoms with Crippen LogP contribution in [0.1, 0.15) is 30.5 Å². The lowest BCUT2D eigenvalue weighted by Crippen LogP contribution is -2.36. The summed E-state index contributed by atoms with van der Waals surface area (Å²) in [6, 6.07) is 11.2. The second-order valence-corrected chi connectivity index (χ2v) is 5.97. The first-order valence-corrected chi connectivity index (χ1v) is 7.24. The maximum Gasteiger partial charge on any atom is 0.339 e. The molecule has 0 aliphatic rings. The Hall–Kier alpha value is -1.88. The molecule has 2 rings (SSSR count). The van der Waals surface area contributed by atoms with Crippen molar-refractivity contribution in [3.05, 3.63) is 71.3 Å². The Morgan fingerprint density at radius 3 is 1.48 bits per heavy atom. The Morgan fingerprint density at radius 1 is 0.652 bits per heavy atom. The Kier molecular flexibility index (Phi) is 4.53. The zero-order valence-electron chi connectivity index (χ0n) is 13.2. The van der Waals surface area contributed by atoms with Crippen molar-refractivity contribution in [3.63, 3.8) is 0 Å². The molecule has 23 heavy (non-hydrogen) atoms. The number of nitrogens with one attached hydrogen (secondary N) is 1. The summed E-state index contributed by atoms with van der Waals surface area (Å²) >= 11 is 0. The van der Waals surface area contributed by atoms with Crippen LogP contribution in [0.15, 0.2) is 54.6 Å². The number of alkyl halides is 4. The van der Waals surface area contributed by atoms with Gasteiger partial charge in [0.2, 0.25) is 0 Å². The Labute approximate surface area is 133 Å². The van der Waals surface area contributed by atoms with E-state index < -0.39 is 28.5 Å². The normalized spacial score (nSPS) is 13.2. The highest BCUT2D eigenvalue weighted by Gasteiger charge is 2.58. The third-order valence-corrected chi connectivity index (χ3v) is 4.12. The molecule has 0 heterocycles. The van der Waals surface area contributed by atoms with Crippen LogP contribution in [0, 0.1) is 0 Å². The smallest absolute Gasteiger partial charge is 0.311 e. The summed E-state index contributed by atoms with van der Waals surface area (Å²) in [5.74, 6) is -8.58. The van der Waals surface area contributed by atoms with Gasteiger partial charge in [0.25, 0.3) is 0 Å². The molecule has 2 aromatic rings. The van der Waals surface area contributed by atoms with Crippen molar-refractivity contribution in [1.29, 1.82) is 0 Å². The van der Waals surface area contributed by atoms with Gasteiger partial charge in [-0.3, -0.25) is 0 Å². The van der Waals surface area contributed by atoms with Crippen molar-refractivity contribution in [2.24, 2.45) is 0 Å². The van der Waals surface area contributed by atoms with Crippen LogP contribution < -0.4 is 5.32 Å². The maximum atomic E-state index is 14.4. The van der Waals surface area contributed by atoms with E-state index in [1.807, 2.05) is 13.8 Å². The average Bonchev–Trinajstić information content (AvgIpc) is 2.55. The lowest BCUT2D eigenvalue weighted by atomic mass is 9.90. The van der Waals surface area contributed by atoms with Crippen LogP contribution in [0.2, 0.25) is 0 Å². The summed E-state index contributed by atoms with van der Waals surface area (Å²) < 4.78 is 57.2. The van der Waals surface area contributed by atoms with Crippen LogP contribution in [0.4, 0.5) is 17.6 Å². The Balaban J connectivity index is 2.40. The molecule has 0 unspecified atom stereocenters. The van der Waals surface area contributed by atoms with E-state index in [4.69, 9.17) is 0 Å². The van der Waals surface area contributed by atoms with Gasteiger partial charge >= 0.3 is 11.8 Å². The Bertz CT molecular complexity index is 648. The minimum atomic E-state index is -4.29. The van der Waals surface area contributed by atoms with Crippen molar-refractivity contribution in [3.8, 4) is 0 Å². The van der Waals surface area contributed by atoms with E-state index in [2.05, 4.69) is 5.32 Å². The number of halogens is 4. The highest BCUT2D eigenvalue weighted by atomic mass is 19.3. The van der Waals surface area contributed by atoms with Crippen LogP contribution in [0.3, 0.4) is 0 Å². The second-order valence-electron chi connectivity index (χ2n) is 5.97. The molecule has 0 atom stereocenters. The van der Waals surface area contributed by atoms with E-state index in [1.54, 1.807) is 7.05 Å². The summed E-state index contributed by atoms with van der Waals surface area (Å²) in [5.41, 5.74) is -1.11. The largest absolute Gasteiger partial charge is 0.339 e. The van der Waals surface area contributed by atoms with Crippen LogP contribution in [0.5, 0.6) is 0 Å². The summed E-state index contributed by atoms with van der Waals surface area (Å²) in [4.78, 5) is 0. The van der Waals surface area contributed by atoms with Gasteiger partial charge in [-0.05, 0) is 26.5 Å². The summed E-state index contributed by atoms with van der Waals surface area (Å²) in [6.45, 7) is 3.75. The zero-order chi connectivity index (χ0) is 17.3. The van der Waals surface area contributed by atoms with Gasteiger partial charge in [0, 0.05) is 16.7 Å². The molecule has 1 N–H and O–H groups in total. The topological polar surface area (TPSA) is 12.0 Å². The van der Waals surface area contributed by atoms with Crippen LogP contribution in [-0.4, -0.2) is 7.05 Å². The zero-order valence-corrected chi connectivity index (χ0v) is 13.2. The fourth-order valence-corrected chi connectivity index (χ4v) is 2.25. The summed E-state index contributed by atoms with van der Waals surface area (Å²) in [7, 11) is 1.74. The quantitative estimate of drug-likeness (QED) is 0.761. The van der Waals surface area contributed by atoms with E-state index >= 15 is 0 Å².